The monoisotopic (exact) mass is 355 g/mol. The first kappa shape index (κ1) is 18.4. The van der Waals surface area contributed by atoms with Crippen molar-refractivity contribution >= 4 is 22.1 Å². The highest BCUT2D eigenvalue weighted by Gasteiger charge is 2.30. The van der Waals surface area contributed by atoms with E-state index in [2.05, 4.69) is 5.32 Å². The zero-order chi connectivity index (χ0) is 17.9. The van der Waals surface area contributed by atoms with Gasteiger partial charge in [-0.1, -0.05) is 12.1 Å². The number of aromatic carboxylic acids is 1. The molecule has 24 heavy (non-hydrogen) atoms. The predicted molar refractivity (Wildman–Crippen MR) is 88.1 cm³/mol. The topological polar surface area (TPSA) is 107 Å². The van der Waals surface area contributed by atoms with Crippen LogP contribution >= 0.6 is 0 Å². The van der Waals surface area contributed by atoms with Crippen LogP contribution in [-0.2, 0) is 10.2 Å². The van der Waals surface area contributed by atoms with Gasteiger partial charge in [-0.2, -0.15) is 17.0 Å². The van der Waals surface area contributed by atoms with Crippen LogP contribution in [-0.4, -0.2) is 67.2 Å². The lowest BCUT2D eigenvalue weighted by atomic mass is 10.0. The number of rotatable bonds is 5. The molecule has 1 saturated heterocycles. The van der Waals surface area contributed by atoms with Gasteiger partial charge >= 0.3 is 5.97 Å². The second-order valence-electron chi connectivity index (χ2n) is 5.79. The van der Waals surface area contributed by atoms with Crippen LogP contribution in [0.2, 0.25) is 0 Å². The summed E-state index contributed by atoms with van der Waals surface area (Å²) in [6.45, 7) is 0.623. The van der Waals surface area contributed by atoms with Crippen LogP contribution in [0.15, 0.2) is 24.3 Å². The van der Waals surface area contributed by atoms with E-state index in [4.69, 9.17) is 5.11 Å². The quantitative estimate of drug-likeness (QED) is 0.794. The predicted octanol–water partition coefficient (Wildman–Crippen LogP) is 0.385. The number of carbonyl (C=O) groups is 2. The lowest BCUT2D eigenvalue weighted by Gasteiger charge is -2.33. The Morgan fingerprint density at radius 2 is 1.71 bits per heavy atom. The highest BCUT2D eigenvalue weighted by molar-refractivity contribution is 7.86. The summed E-state index contributed by atoms with van der Waals surface area (Å²) in [6.07, 6.45) is 0.960. The lowest BCUT2D eigenvalue weighted by molar-refractivity contribution is 0.0690. The number of carboxylic acid groups (broad SMARTS) is 1. The van der Waals surface area contributed by atoms with Crippen LogP contribution in [0.4, 0.5) is 0 Å². The Bertz CT molecular complexity index is 724. The van der Waals surface area contributed by atoms with E-state index in [1.165, 1.54) is 30.5 Å². The summed E-state index contributed by atoms with van der Waals surface area (Å²) in [5.74, 6) is -1.62. The van der Waals surface area contributed by atoms with E-state index < -0.39 is 22.1 Å². The van der Waals surface area contributed by atoms with E-state index in [9.17, 15) is 18.0 Å². The van der Waals surface area contributed by atoms with Crippen molar-refractivity contribution in [2.24, 2.45) is 0 Å². The fourth-order valence-corrected chi connectivity index (χ4v) is 3.73. The van der Waals surface area contributed by atoms with Gasteiger partial charge in [-0.3, -0.25) is 4.79 Å². The summed E-state index contributed by atoms with van der Waals surface area (Å²) < 4.78 is 26.6. The third-order valence-electron chi connectivity index (χ3n) is 3.98. The SMILES string of the molecule is CN(C)S(=O)(=O)N1CCC(NC(=O)c2ccccc2C(=O)O)CC1. The number of hydrogen-bond acceptors (Lipinski definition) is 4. The van der Waals surface area contributed by atoms with Gasteiger partial charge in [0.15, 0.2) is 0 Å². The first-order valence-corrected chi connectivity index (χ1v) is 8.94. The van der Waals surface area contributed by atoms with E-state index in [1.54, 1.807) is 12.1 Å². The summed E-state index contributed by atoms with van der Waals surface area (Å²) in [4.78, 5) is 23.5. The Labute approximate surface area is 141 Å². The highest BCUT2D eigenvalue weighted by Crippen LogP contribution is 2.17. The zero-order valence-electron chi connectivity index (χ0n) is 13.6. The highest BCUT2D eigenvalue weighted by atomic mass is 32.2. The summed E-state index contributed by atoms with van der Waals surface area (Å²) in [5, 5.41) is 11.9. The fraction of sp³-hybridized carbons (Fsp3) is 0.467. The van der Waals surface area contributed by atoms with E-state index in [0.717, 1.165) is 4.31 Å². The second-order valence-corrected chi connectivity index (χ2v) is 7.93. The molecule has 1 fully saturated rings. The van der Waals surface area contributed by atoms with E-state index in [-0.39, 0.29) is 17.2 Å². The molecule has 0 aliphatic carbocycles. The standard InChI is InChI=1S/C15H21N3O5S/c1-17(2)24(22,23)18-9-7-11(8-10-18)16-14(19)12-5-3-4-6-13(12)15(20)21/h3-6,11H,7-10H2,1-2H3,(H,16,19)(H,20,21). The minimum atomic E-state index is -3.45. The molecular weight excluding hydrogens is 334 g/mol. The molecule has 1 aromatic carbocycles. The Morgan fingerprint density at radius 1 is 1.17 bits per heavy atom. The van der Waals surface area contributed by atoms with Gasteiger partial charge in [-0.05, 0) is 25.0 Å². The number of hydrogen-bond donors (Lipinski definition) is 2. The minimum absolute atomic E-state index is 0.0531. The summed E-state index contributed by atoms with van der Waals surface area (Å²) >= 11 is 0. The van der Waals surface area contributed by atoms with E-state index in [1.807, 2.05) is 0 Å². The molecule has 1 aromatic rings. The number of nitrogens with one attached hydrogen (secondary N) is 1. The number of carboxylic acids is 1. The molecule has 0 saturated carbocycles. The van der Waals surface area contributed by atoms with E-state index >= 15 is 0 Å². The maximum absolute atomic E-state index is 12.3. The molecule has 0 radical (unpaired) electrons. The molecule has 2 N–H and O–H groups in total. The van der Waals surface area contributed by atoms with Gasteiger partial charge in [0.2, 0.25) is 0 Å². The van der Waals surface area contributed by atoms with Gasteiger partial charge in [0.1, 0.15) is 0 Å². The van der Waals surface area contributed by atoms with Crippen LogP contribution in [0.1, 0.15) is 33.6 Å². The third-order valence-corrected chi connectivity index (χ3v) is 5.92. The van der Waals surface area contributed by atoms with Crippen molar-refractivity contribution in [1.29, 1.82) is 0 Å². The van der Waals surface area contributed by atoms with Crippen LogP contribution < -0.4 is 5.32 Å². The summed E-state index contributed by atoms with van der Waals surface area (Å²) in [5.41, 5.74) is 0.0518. The van der Waals surface area contributed by atoms with Crippen molar-refractivity contribution in [3.8, 4) is 0 Å². The maximum Gasteiger partial charge on any atom is 0.336 e. The van der Waals surface area contributed by atoms with E-state index in [0.29, 0.717) is 25.9 Å². The van der Waals surface area contributed by atoms with Gasteiger partial charge in [0, 0.05) is 33.2 Å². The number of nitrogens with zero attached hydrogens (tertiary/aromatic N) is 2. The van der Waals surface area contributed by atoms with Gasteiger partial charge < -0.3 is 10.4 Å². The molecule has 0 spiro atoms. The summed E-state index contributed by atoms with van der Waals surface area (Å²) in [6, 6.07) is 5.82. The van der Waals surface area contributed by atoms with Crippen molar-refractivity contribution in [3.05, 3.63) is 35.4 Å². The molecule has 0 bridgehead atoms. The molecule has 132 valence electrons. The lowest BCUT2D eigenvalue weighted by Crippen LogP contribution is -2.49. The number of amides is 1. The van der Waals surface area contributed by atoms with Gasteiger partial charge in [-0.15, -0.1) is 0 Å². The Morgan fingerprint density at radius 3 is 2.21 bits per heavy atom. The van der Waals surface area contributed by atoms with Crippen LogP contribution in [0.25, 0.3) is 0 Å². The number of benzene rings is 1. The molecule has 1 aliphatic heterocycles. The van der Waals surface area contributed by atoms with Crippen molar-refractivity contribution in [2.45, 2.75) is 18.9 Å². The summed E-state index contributed by atoms with van der Waals surface area (Å²) in [7, 11) is -0.489. The fourth-order valence-electron chi connectivity index (χ4n) is 2.59. The molecule has 1 aliphatic rings. The first-order chi connectivity index (χ1) is 11.2. The molecule has 2 rings (SSSR count). The molecule has 9 heteroatoms. The molecule has 0 unspecified atom stereocenters. The maximum atomic E-state index is 12.3. The van der Waals surface area contributed by atoms with Crippen LogP contribution in [0, 0.1) is 0 Å². The smallest absolute Gasteiger partial charge is 0.336 e. The Balaban J connectivity index is 2.00. The van der Waals surface area contributed by atoms with Crippen LogP contribution in [0.5, 0.6) is 0 Å². The first-order valence-electron chi connectivity index (χ1n) is 7.54. The van der Waals surface area contributed by atoms with Crippen molar-refractivity contribution in [3.63, 3.8) is 0 Å². The molecule has 1 amide bonds. The second kappa shape index (κ2) is 7.29. The molecule has 0 aromatic heterocycles. The molecule has 8 nitrogen and oxygen atoms in total. The van der Waals surface area contributed by atoms with Gasteiger partial charge in [-0.25, -0.2) is 4.79 Å². The number of piperidine rings is 1. The van der Waals surface area contributed by atoms with Crippen molar-refractivity contribution in [1.82, 2.24) is 13.9 Å². The van der Waals surface area contributed by atoms with Crippen LogP contribution in [0.3, 0.4) is 0 Å². The molecule has 1 heterocycles. The average molecular weight is 355 g/mol. The average Bonchev–Trinajstić information content (AvgIpc) is 2.55. The molecule has 0 atom stereocenters. The molecular formula is C15H21N3O5S. The van der Waals surface area contributed by atoms with Crippen molar-refractivity contribution in [2.75, 3.05) is 27.2 Å². The normalized spacial score (nSPS) is 17.0. The third kappa shape index (κ3) is 3.92. The van der Waals surface area contributed by atoms with Crippen molar-refractivity contribution < 1.29 is 23.1 Å². The number of carbonyl (C=O) groups excluding carboxylic acids is 1. The van der Waals surface area contributed by atoms with Gasteiger partial charge in [0.05, 0.1) is 11.1 Å². The zero-order valence-corrected chi connectivity index (χ0v) is 14.4. The van der Waals surface area contributed by atoms with Gasteiger partial charge in [0.25, 0.3) is 16.1 Å². The Kier molecular flexibility index (Phi) is 5.58. The Hall–Kier alpha value is -1.97. The largest absolute Gasteiger partial charge is 0.478 e. The minimum Gasteiger partial charge on any atom is -0.478 e.